The van der Waals surface area contributed by atoms with E-state index in [9.17, 15) is 21.6 Å². The fourth-order valence-corrected chi connectivity index (χ4v) is 4.57. The molecule has 9 heteroatoms. The number of anilines is 1. The maximum absolute atomic E-state index is 13.1. The van der Waals surface area contributed by atoms with Gasteiger partial charge >= 0.3 is 6.36 Å². The largest absolute Gasteiger partial charge is 0.573 e. The average Bonchev–Trinajstić information content (AvgIpc) is 2.59. The van der Waals surface area contributed by atoms with E-state index in [0.717, 1.165) is 22.0 Å². The van der Waals surface area contributed by atoms with Gasteiger partial charge in [0, 0.05) is 6.54 Å². The van der Waals surface area contributed by atoms with E-state index >= 15 is 0 Å². The van der Waals surface area contributed by atoms with Crippen LogP contribution in [0.25, 0.3) is 0 Å². The van der Waals surface area contributed by atoms with Crippen LogP contribution >= 0.6 is 0 Å². The van der Waals surface area contributed by atoms with Crippen LogP contribution in [0.15, 0.2) is 47.4 Å². The monoisotopic (exact) mass is 387 g/mol. The van der Waals surface area contributed by atoms with Crippen molar-refractivity contribution in [3.05, 3.63) is 48.0 Å². The minimum atomic E-state index is -4.99. The summed E-state index contributed by atoms with van der Waals surface area (Å²) in [7, 11) is -2.73. The summed E-state index contributed by atoms with van der Waals surface area (Å²) in [6, 6.07) is 9.68. The first-order valence-corrected chi connectivity index (χ1v) is 9.21. The molecule has 0 unspecified atom stereocenters. The minimum absolute atomic E-state index is 0.169. The molecule has 0 amide bonds. The first kappa shape index (κ1) is 18.4. The lowest BCUT2D eigenvalue weighted by Gasteiger charge is -2.31. The van der Waals surface area contributed by atoms with E-state index in [0.29, 0.717) is 24.3 Å². The number of para-hydroxylation sites is 1. The van der Waals surface area contributed by atoms with Gasteiger partial charge < -0.3 is 9.47 Å². The molecular weight excluding hydrogens is 371 g/mol. The van der Waals surface area contributed by atoms with E-state index in [-0.39, 0.29) is 6.54 Å². The van der Waals surface area contributed by atoms with Crippen molar-refractivity contribution >= 4 is 15.7 Å². The highest BCUT2D eigenvalue weighted by Gasteiger charge is 2.36. The SMILES string of the molecule is COc1ccc2c(c1)CCCN2S(=O)(=O)c1ccccc1OC(F)(F)F. The van der Waals surface area contributed by atoms with Crippen LogP contribution in [-0.2, 0) is 16.4 Å². The number of nitrogens with zero attached hydrogens (tertiary/aromatic N) is 1. The molecule has 0 aromatic heterocycles. The summed E-state index contributed by atoms with van der Waals surface area (Å²) < 4.78 is 74.2. The van der Waals surface area contributed by atoms with Crippen LogP contribution in [-0.4, -0.2) is 28.4 Å². The Bertz CT molecular complexity index is 912. The van der Waals surface area contributed by atoms with Crippen LogP contribution in [0.2, 0.25) is 0 Å². The summed E-state index contributed by atoms with van der Waals surface area (Å²) in [5.41, 5.74) is 1.19. The van der Waals surface area contributed by atoms with Gasteiger partial charge in [-0.05, 0) is 48.7 Å². The molecule has 3 rings (SSSR count). The Hall–Kier alpha value is -2.42. The molecule has 26 heavy (non-hydrogen) atoms. The van der Waals surface area contributed by atoms with Gasteiger partial charge in [-0.1, -0.05) is 12.1 Å². The van der Waals surface area contributed by atoms with Gasteiger partial charge in [0.1, 0.15) is 16.4 Å². The van der Waals surface area contributed by atoms with Gasteiger partial charge in [-0.15, -0.1) is 13.2 Å². The van der Waals surface area contributed by atoms with E-state index in [1.807, 2.05) is 0 Å². The first-order valence-electron chi connectivity index (χ1n) is 7.77. The Morgan fingerprint density at radius 3 is 2.54 bits per heavy atom. The van der Waals surface area contributed by atoms with Gasteiger partial charge in [0.05, 0.1) is 12.8 Å². The molecule has 0 N–H and O–H groups in total. The molecule has 2 aromatic rings. The molecular formula is C17H16F3NO4S. The summed E-state index contributed by atoms with van der Waals surface area (Å²) in [6.45, 7) is 0.169. The highest BCUT2D eigenvalue weighted by atomic mass is 32.2. The molecule has 1 heterocycles. The number of halogens is 3. The van der Waals surface area contributed by atoms with Crippen LogP contribution in [0.1, 0.15) is 12.0 Å². The van der Waals surface area contributed by atoms with Crippen LogP contribution in [0.4, 0.5) is 18.9 Å². The maximum atomic E-state index is 13.1. The number of alkyl halides is 3. The van der Waals surface area contributed by atoms with Crippen LogP contribution < -0.4 is 13.8 Å². The molecule has 140 valence electrons. The molecule has 0 saturated heterocycles. The third-order valence-corrected chi connectivity index (χ3v) is 5.86. The standard InChI is InChI=1S/C17H16F3NO4S/c1-24-13-8-9-14-12(11-13)5-4-10-21(14)26(22,23)16-7-3-2-6-15(16)25-17(18,19)20/h2-3,6-9,11H,4-5,10H2,1H3. The van der Waals surface area contributed by atoms with Crippen molar-refractivity contribution in [2.45, 2.75) is 24.1 Å². The topological polar surface area (TPSA) is 55.8 Å². The number of fused-ring (bicyclic) bond motifs is 1. The molecule has 1 aliphatic rings. The Kier molecular flexibility index (Phi) is 4.74. The molecule has 0 bridgehead atoms. The van der Waals surface area contributed by atoms with Crippen LogP contribution in [0.3, 0.4) is 0 Å². The predicted molar refractivity (Wildman–Crippen MR) is 89.0 cm³/mol. The molecule has 0 atom stereocenters. The highest BCUT2D eigenvalue weighted by Crippen LogP contribution is 2.37. The zero-order valence-corrected chi connectivity index (χ0v) is 14.6. The fraction of sp³-hybridized carbons (Fsp3) is 0.294. The maximum Gasteiger partial charge on any atom is 0.573 e. The van der Waals surface area contributed by atoms with Crippen molar-refractivity contribution in [2.24, 2.45) is 0 Å². The third-order valence-electron chi connectivity index (χ3n) is 4.01. The van der Waals surface area contributed by atoms with Crippen LogP contribution in [0.5, 0.6) is 11.5 Å². The van der Waals surface area contributed by atoms with Gasteiger partial charge in [0.25, 0.3) is 10.0 Å². The molecule has 0 aliphatic carbocycles. The van der Waals surface area contributed by atoms with Gasteiger partial charge in [0.2, 0.25) is 0 Å². The zero-order chi connectivity index (χ0) is 18.9. The molecule has 2 aromatic carbocycles. The summed E-state index contributed by atoms with van der Waals surface area (Å²) in [5, 5.41) is 0. The van der Waals surface area contributed by atoms with Gasteiger partial charge in [-0.2, -0.15) is 0 Å². The predicted octanol–water partition coefficient (Wildman–Crippen LogP) is 3.74. The molecule has 5 nitrogen and oxygen atoms in total. The summed E-state index contributed by atoms with van der Waals surface area (Å²) in [5.74, 6) is -0.163. The fourth-order valence-electron chi connectivity index (χ4n) is 2.91. The average molecular weight is 387 g/mol. The van der Waals surface area contributed by atoms with Crippen molar-refractivity contribution in [3.63, 3.8) is 0 Å². The number of hydrogen-bond acceptors (Lipinski definition) is 4. The van der Waals surface area contributed by atoms with Crippen molar-refractivity contribution in [3.8, 4) is 11.5 Å². The van der Waals surface area contributed by atoms with Crippen molar-refractivity contribution in [1.82, 2.24) is 0 Å². The zero-order valence-electron chi connectivity index (χ0n) is 13.8. The Balaban J connectivity index is 2.06. The Morgan fingerprint density at radius 2 is 1.85 bits per heavy atom. The smallest absolute Gasteiger partial charge is 0.497 e. The van der Waals surface area contributed by atoms with Gasteiger partial charge in [0.15, 0.2) is 0 Å². The number of aryl methyl sites for hydroxylation is 1. The number of ether oxygens (including phenoxy) is 2. The molecule has 0 saturated carbocycles. The second kappa shape index (κ2) is 6.71. The second-order valence-electron chi connectivity index (χ2n) is 5.67. The summed E-state index contributed by atoms with van der Waals surface area (Å²) in [6.07, 6.45) is -3.79. The lowest BCUT2D eigenvalue weighted by atomic mass is 10.0. The molecule has 0 radical (unpaired) electrons. The lowest BCUT2D eigenvalue weighted by Crippen LogP contribution is -2.36. The Labute approximate surface area is 149 Å². The normalized spacial score (nSPS) is 14.7. The Morgan fingerprint density at radius 1 is 1.12 bits per heavy atom. The van der Waals surface area contributed by atoms with Crippen molar-refractivity contribution in [2.75, 3.05) is 18.0 Å². The minimum Gasteiger partial charge on any atom is -0.497 e. The number of rotatable bonds is 4. The number of hydrogen-bond donors (Lipinski definition) is 0. The molecule has 0 spiro atoms. The summed E-state index contributed by atoms with van der Waals surface area (Å²) >= 11 is 0. The van der Waals surface area contributed by atoms with E-state index < -0.39 is 27.0 Å². The second-order valence-corrected chi connectivity index (χ2v) is 7.50. The van der Waals surface area contributed by atoms with Gasteiger partial charge in [-0.3, -0.25) is 4.31 Å². The van der Waals surface area contributed by atoms with E-state index in [4.69, 9.17) is 4.74 Å². The number of sulfonamides is 1. The molecule has 1 aliphatic heterocycles. The van der Waals surface area contributed by atoms with Crippen LogP contribution in [0, 0.1) is 0 Å². The van der Waals surface area contributed by atoms with E-state index in [2.05, 4.69) is 4.74 Å². The van der Waals surface area contributed by atoms with Crippen molar-refractivity contribution < 1.29 is 31.1 Å². The lowest BCUT2D eigenvalue weighted by molar-refractivity contribution is -0.275. The first-order chi connectivity index (χ1) is 12.2. The quantitative estimate of drug-likeness (QED) is 0.802. The number of methoxy groups -OCH3 is 1. The number of benzene rings is 2. The summed E-state index contributed by atoms with van der Waals surface area (Å²) in [4.78, 5) is -0.527. The molecule has 0 fully saturated rings. The van der Waals surface area contributed by atoms with E-state index in [1.54, 1.807) is 18.2 Å². The van der Waals surface area contributed by atoms with Gasteiger partial charge in [-0.25, -0.2) is 8.42 Å². The van der Waals surface area contributed by atoms with Crippen molar-refractivity contribution in [1.29, 1.82) is 0 Å². The highest BCUT2D eigenvalue weighted by molar-refractivity contribution is 7.93. The third kappa shape index (κ3) is 3.57. The van der Waals surface area contributed by atoms with E-state index in [1.165, 1.54) is 19.2 Å².